The number of aldehydes is 1. The average Bonchev–Trinajstić information content (AvgIpc) is 2.64. The van der Waals surface area contributed by atoms with E-state index in [1.54, 1.807) is 12.1 Å². The van der Waals surface area contributed by atoms with Gasteiger partial charge in [0, 0.05) is 11.8 Å². The number of carbonyl (C=O) groups is 3. The molecule has 8 heteroatoms. The number of nitrogens with one attached hydrogen (secondary N) is 2. The van der Waals surface area contributed by atoms with Crippen LogP contribution < -0.4 is 20.3 Å². The van der Waals surface area contributed by atoms with Gasteiger partial charge in [-0.2, -0.15) is 0 Å². The zero-order valence-electron chi connectivity index (χ0n) is 12.8. The number of nitrogens with zero attached hydrogens (tertiary/aromatic N) is 1. The summed E-state index contributed by atoms with van der Waals surface area (Å²) in [6.45, 7) is -0.348. The van der Waals surface area contributed by atoms with Crippen molar-refractivity contribution in [2.45, 2.75) is 0 Å². The lowest BCUT2D eigenvalue weighted by molar-refractivity contribution is -0.123. The van der Waals surface area contributed by atoms with Crippen LogP contribution in [0.5, 0.6) is 11.5 Å². The van der Waals surface area contributed by atoms with Gasteiger partial charge in [-0.3, -0.25) is 30.2 Å². The van der Waals surface area contributed by atoms with Crippen molar-refractivity contribution in [3.63, 3.8) is 0 Å². The summed E-state index contributed by atoms with van der Waals surface area (Å²) in [7, 11) is 1.42. The number of hydrogen-bond acceptors (Lipinski definition) is 6. The number of ether oxygens (including phenoxy) is 2. The van der Waals surface area contributed by atoms with E-state index in [-0.39, 0.29) is 12.3 Å². The molecule has 0 unspecified atom stereocenters. The predicted octanol–water partition coefficient (Wildman–Crippen LogP) is 0.743. The van der Waals surface area contributed by atoms with Crippen molar-refractivity contribution in [3.8, 4) is 11.5 Å². The van der Waals surface area contributed by atoms with Crippen LogP contribution in [-0.4, -0.2) is 36.8 Å². The maximum absolute atomic E-state index is 11.7. The summed E-state index contributed by atoms with van der Waals surface area (Å²) in [4.78, 5) is 38.0. The van der Waals surface area contributed by atoms with Crippen LogP contribution in [0.25, 0.3) is 0 Å². The van der Waals surface area contributed by atoms with Gasteiger partial charge >= 0.3 is 0 Å². The van der Waals surface area contributed by atoms with Gasteiger partial charge in [0.05, 0.1) is 7.11 Å². The minimum atomic E-state index is -0.569. The highest BCUT2D eigenvalue weighted by atomic mass is 16.5. The molecule has 8 nitrogen and oxygen atoms in total. The Balaban J connectivity index is 1.85. The summed E-state index contributed by atoms with van der Waals surface area (Å²) in [5.74, 6) is -0.489. The van der Waals surface area contributed by atoms with Gasteiger partial charge in [0.2, 0.25) is 0 Å². The molecule has 0 bridgehead atoms. The van der Waals surface area contributed by atoms with E-state index in [0.717, 1.165) is 0 Å². The van der Waals surface area contributed by atoms with Gasteiger partial charge in [0.15, 0.2) is 18.1 Å². The van der Waals surface area contributed by atoms with Crippen LogP contribution >= 0.6 is 0 Å². The van der Waals surface area contributed by atoms with Gasteiger partial charge in [0.25, 0.3) is 11.8 Å². The van der Waals surface area contributed by atoms with E-state index in [1.807, 2.05) is 0 Å². The second kappa shape index (κ2) is 8.28. The molecule has 0 aliphatic rings. The molecule has 0 aliphatic heterocycles. The molecule has 0 aliphatic carbocycles. The molecule has 0 spiro atoms. The predicted molar refractivity (Wildman–Crippen MR) is 83.7 cm³/mol. The molecule has 0 saturated heterocycles. The number of aromatic nitrogens is 1. The van der Waals surface area contributed by atoms with E-state index in [0.29, 0.717) is 23.3 Å². The maximum Gasteiger partial charge on any atom is 0.288 e. The highest BCUT2D eigenvalue weighted by Gasteiger charge is 2.10. The molecule has 1 aromatic heterocycles. The Morgan fingerprint density at radius 2 is 2.00 bits per heavy atom. The van der Waals surface area contributed by atoms with Crippen LogP contribution in [0.1, 0.15) is 20.8 Å². The largest absolute Gasteiger partial charge is 0.493 e. The molecule has 24 heavy (non-hydrogen) atoms. The summed E-state index contributed by atoms with van der Waals surface area (Å²) in [6.07, 6.45) is 2.14. The van der Waals surface area contributed by atoms with Gasteiger partial charge in [-0.05, 0) is 30.3 Å². The van der Waals surface area contributed by atoms with Crippen molar-refractivity contribution in [2.75, 3.05) is 13.7 Å². The third-order valence-corrected chi connectivity index (χ3v) is 2.90. The SMILES string of the molecule is COc1cc(C=O)ccc1OCC(=O)NNC(=O)c1ccccn1. The van der Waals surface area contributed by atoms with Crippen LogP contribution in [-0.2, 0) is 4.79 Å². The van der Waals surface area contributed by atoms with Crippen molar-refractivity contribution >= 4 is 18.1 Å². The minimum absolute atomic E-state index is 0.171. The molecule has 0 atom stereocenters. The van der Waals surface area contributed by atoms with Crippen LogP contribution in [0.4, 0.5) is 0 Å². The van der Waals surface area contributed by atoms with Gasteiger partial charge in [-0.1, -0.05) is 6.07 Å². The summed E-state index contributed by atoms with van der Waals surface area (Å²) < 4.78 is 10.4. The molecule has 2 rings (SSSR count). The van der Waals surface area contributed by atoms with Gasteiger partial charge in [0.1, 0.15) is 12.0 Å². The third-order valence-electron chi connectivity index (χ3n) is 2.90. The van der Waals surface area contributed by atoms with Gasteiger partial charge < -0.3 is 9.47 Å². The molecule has 1 heterocycles. The fourth-order valence-electron chi connectivity index (χ4n) is 1.74. The summed E-state index contributed by atoms with van der Waals surface area (Å²) in [5, 5.41) is 0. The first kappa shape index (κ1) is 16.9. The average molecular weight is 329 g/mol. The van der Waals surface area contributed by atoms with Crippen molar-refractivity contribution in [1.82, 2.24) is 15.8 Å². The molecule has 124 valence electrons. The number of methoxy groups -OCH3 is 1. The zero-order valence-corrected chi connectivity index (χ0v) is 12.8. The number of amides is 2. The molecule has 0 saturated carbocycles. The topological polar surface area (TPSA) is 107 Å². The lowest BCUT2D eigenvalue weighted by atomic mass is 10.2. The van der Waals surface area contributed by atoms with Crippen molar-refractivity contribution in [2.24, 2.45) is 0 Å². The van der Waals surface area contributed by atoms with Gasteiger partial charge in [-0.25, -0.2) is 0 Å². The fourth-order valence-corrected chi connectivity index (χ4v) is 1.74. The Kier molecular flexibility index (Phi) is 5.84. The first-order valence-electron chi connectivity index (χ1n) is 6.90. The first-order chi connectivity index (χ1) is 11.6. The Morgan fingerprint density at radius 1 is 1.17 bits per heavy atom. The summed E-state index contributed by atoms with van der Waals surface area (Å²) in [6, 6.07) is 9.38. The van der Waals surface area contributed by atoms with Crippen molar-refractivity contribution < 1.29 is 23.9 Å². The molecular formula is C16H15N3O5. The highest BCUT2D eigenvalue weighted by molar-refractivity contribution is 5.93. The molecule has 1 aromatic carbocycles. The monoisotopic (exact) mass is 329 g/mol. The van der Waals surface area contributed by atoms with E-state index in [9.17, 15) is 14.4 Å². The normalized spacial score (nSPS) is 9.71. The van der Waals surface area contributed by atoms with Crippen molar-refractivity contribution in [1.29, 1.82) is 0 Å². The summed E-state index contributed by atoms with van der Waals surface area (Å²) >= 11 is 0. The second-order valence-corrected chi connectivity index (χ2v) is 4.53. The Bertz CT molecular complexity index is 734. The minimum Gasteiger partial charge on any atom is -0.493 e. The Morgan fingerprint density at radius 3 is 2.67 bits per heavy atom. The van der Waals surface area contributed by atoms with Crippen LogP contribution in [0.2, 0.25) is 0 Å². The summed E-state index contributed by atoms with van der Waals surface area (Å²) in [5.41, 5.74) is 5.03. The quantitative estimate of drug-likeness (QED) is 0.598. The first-order valence-corrected chi connectivity index (χ1v) is 6.90. The number of benzene rings is 1. The Hall–Kier alpha value is -3.42. The van der Waals surface area contributed by atoms with Crippen LogP contribution in [0, 0.1) is 0 Å². The molecule has 2 aromatic rings. The van der Waals surface area contributed by atoms with E-state index >= 15 is 0 Å². The smallest absolute Gasteiger partial charge is 0.288 e. The number of hydrazine groups is 1. The third kappa shape index (κ3) is 4.54. The van der Waals surface area contributed by atoms with Gasteiger partial charge in [-0.15, -0.1) is 0 Å². The second-order valence-electron chi connectivity index (χ2n) is 4.53. The zero-order chi connectivity index (χ0) is 17.4. The number of hydrogen-bond donors (Lipinski definition) is 2. The van der Waals surface area contributed by atoms with Crippen LogP contribution in [0.15, 0.2) is 42.6 Å². The lowest BCUT2D eigenvalue weighted by Crippen LogP contribution is -2.44. The van der Waals surface area contributed by atoms with Crippen molar-refractivity contribution in [3.05, 3.63) is 53.9 Å². The number of carbonyl (C=O) groups excluding carboxylic acids is 3. The molecular weight excluding hydrogens is 314 g/mol. The van der Waals surface area contributed by atoms with E-state index in [2.05, 4.69) is 15.8 Å². The maximum atomic E-state index is 11.7. The lowest BCUT2D eigenvalue weighted by Gasteiger charge is -2.11. The Labute approximate surface area is 137 Å². The standard InChI is InChI=1S/C16H15N3O5/c1-23-14-8-11(9-20)5-6-13(14)24-10-15(21)18-19-16(22)12-4-2-3-7-17-12/h2-9H,10H2,1H3,(H,18,21)(H,19,22). The molecule has 0 fully saturated rings. The van der Waals surface area contributed by atoms with E-state index < -0.39 is 11.8 Å². The number of pyridine rings is 1. The highest BCUT2D eigenvalue weighted by Crippen LogP contribution is 2.27. The number of rotatable bonds is 6. The molecule has 0 radical (unpaired) electrons. The fraction of sp³-hybridized carbons (Fsp3) is 0.125. The molecule has 2 N–H and O–H groups in total. The van der Waals surface area contributed by atoms with E-state index in [4.69, 9.17) is 9.47 Å². The molecule has 2 amide bonds. The van der Waals surface area contributed by atoms with E-state index in [1.165, 1.54) is 37.6 Å². The van der Waals surface area contributed by atoms with Crippen LogP contribution in [0.3, 0.4) is 0 Å².